The number of nitrogens with one attached hydrogen (secondary N) is 1. The molecule has 2 aromatic rings. The van der Waals surface area contributed by atoms with Gasteiger partial charge < -0.3 is 21.9 Å². The normalized spacial score (nSPS) is 11.9. The van der Waals surface area contributed by atoms with Gasteiger partial charge in [-0.25, -0.2) is 4.98 Å². The summed E-state index contributed by atoms with van der Waals surface area (Å²) >= 11 is 0. The van der Waals surface area contributed by atoms with Gasteiger partial charge in [-0.1, -0.05) is 30.3 Å². The van der Waals surface area contributed by atoms with Crippen LogP contribution in [0.15, 0.2) is 42.6 Å². The summed E-state index contributed by atoms with van der Waals surface area (Å²) < 4.78 is 0. The van der Waals surface area contributed by atoms with E-state index in [1.54, 1.807) is 0 Å². The number of amides is 1. The van der Waals surface area contributed by atoms with E-state index in [4.69, 9.17) is 11.5 Å². The van der Waals surface area contributed by atoms with E-state index in [-0.39, 0.29) is 18.2 Å². The predicted molar refractivity (Wildman–Crippen MR) is 81.8 cm³/mol. The molecular weight excluding hydrogens is 268 g/mol. The molecule has 0 fully saturated rings. The summed E-state index contributed by atoms with van der Waals surface area (Å²) in [6.45, 7) is -0.0981. The number of aromatic nitrogens is 1. The van der Waals surface area contributed by atoms with Crippen molar-refractivity contribution < 1.29 is 9.90 Å². The largest absolute Gasteiger partial charge is 0.397 e. The van der Waals surface area contributed by atoms with Gasteiger partial charge in [0.2, 0.25) is 0 Å². The Morgan fingerprint density at radius 1 is 1.33 bits per heavy atom. The molecule has 110 valence electrons. The van der Waals surface area contributed by atoms with Gasteiger partial charge in [0.05, 0.1) is 30.1 Å². The number of nitrogen functional groups attached to an aromatic ring is 1. The van der Waals surface area contributed by atoms with Crippen molar-refractivity contribution in [2.24, 2.45) is 5.73 Å². The van der Waals surface area contributed by atoms with E-state index in [2.05, 4.69) is 10.3 Å². The third-order valence-electron chi connectivity index (χ3n) is 3.06. The third-order valence-corrected chi connectivity index (χ3v) is 3.06. The van der Waals surface area contributed by atoms with Gasteiger partial charge >= 0.3 is 0 Å². The standard InChI is InChI=1S/C15H18N4O2/c16-11-7-13(14(17)21)15(18-8-11)19-12(9-20)6-10-4-2-1-3-5-10/h1-5,7-8,12,20H,6,9,16H2,(H2,17,21)(H,18,19). The molecule has 1 aromatic heterocycles. The Balaban J connectivity index is 2.17. The molecule has 0 aliphatic heterocycles. The summed E-state index contributed by atoms with van der Waals surface area (Å²) in [6.07, 6.45) is 2.04. The number of benzene rings is 1. The highest BCUT2D eigenvalue weighted by molar-refractivity contribution is 5.98. The average molecular weight is 286 g/mol. The molecule has 6 nitrogen and oxygen atoms in total. The van der Waals surface area contributed by atoms with Crippen molar-refractivity contribution in [1.29, 1.82) is 0 Å². The first kappa shape index (κ1) is 14.8. The zero-order valence-electron chi connectivity index (χ0n) is 11.5. The number of primary amides is 1. The number of nitrogens with zero attached hydrogens (tertiary/aromatic N) is 1. The SMILES string of the molecule is NC(=O)c1cc(N)cnc1NC(CO)Cc1ccccc1. The second-order valence-electron chi connectivity index (χ2n) is 4.74. The van der Waals surface area contributed by atoms with E-state index < -0.39 is 5.91 Å². The van der Waals surface area contributed by atoms with Crippen molar-refractivity contribution in [2.75, 3.05) is 17.7 Å². The Morgan fingerprint density at radius 2 is 2.05 bits per heavy atom. The van der Waals surface area contributed by atoms with Crippen molar-refractivity contribution in [2.45, 2.75) is 12.5 Å². The molecule has 1 aromatic carbocycles. The van der Waals surface area contributed by atoms with Gasteiger partial charge in [-0.15, -0.1) is 0 Å². The van der Waals surface area contributed by atoms with Gasteiger partial charge in [0.15, 0.2) is 0 Å². The van der Waals surface area contributed by atoms with Crippen LogP contribution in [0.2, 0.25) is 0 Å². The molecule has 6 N–H and O–H groups in total. The van der Waals surface area contributed by atoms with Gasteiger partial charge in [0.25, 0.3) is 5.91 Å². The molecule has 0 spiro atoms. The van der Waals surface area contributed by atoms with Crippen molar-refractivity contribution in [3.05, 3.63) is 53.7 Å². The van der Waals surface area contributed by atoms with E-state index in [1.807, 2.05) is 30.3 Å². The molecule has 1 heterocycles. The number of hydrogen-bond donors (Lipinski definition) is 4. The third kappa shape index (κ3) is 3.93. The lowest BCUT2D eigenvalue weighted by molar-refractivity contribution is 0.100. The summed E-state index contributed by atoms with van der Waals surface area (Å²) in [7, 11) is 0. The van der Waals surface area contributed by atoms with Crippen LogP contribution in [-0.2, 0) is 6.42 Å². The summed E-state index contributed by atoms with van der Waals surface area (Å²) in [6, 6.07) is 10.9. The minimum absolute atomic E-state index is 0.0981. The zero-order chi connectivity index (χ0) is 15.2. The number of hydrogen-bond acceptors (Lipinski definition) is 5. The maximum absolute atomic E-state index is 11.4. The number of carbonyl (C=O) groups is 1. The van der Waals surface area contributed by atoms with Crippen LogP contribution in [0.4, 0.5) is 11.5 Å². The van der Waals surface area contributed by atoms with Crippen molar-refractivity contribution in [3.8, 4) is 0 Å². The number of aliphatic hydroxyl groups is 1. The predicted octanol–water partition coefficient (Wildman–Crippen LogP) is 0.778. The molecule has 2 rings (SSSR count). The maximum Gasteiger partial charge on any atom is 0.252 e. The van der Waals surface area contributed by atoms with Crippen LogP contribution >= 0.6 is 0 Å². The van der Waals surface area contributed by atoms with Gasteiger partial charge in [-0.2, -0.15) is 0 Å². The van der Waals surface area contributed by atoms with Crippen molar-refractivity contribution in [3.63, 3.8) is 0 Å². The van der Waals surface area contributed by atoms with Crippen LogP contribution < -0.4 is 16.8 Å². The van der Waals surface area contributed by atoms with Crippen LogP contribution in [0, 0.1) is 0 Å². The fraction of sp³-hybridized carbons (Fsp3) is 0.200. The summed E-state index contributed by atoms with van der Waals surface area (Å²) in [5.41, 5.74) is 12.6. The summed E-state index contributed by atoms with van der Waals surface area (Å²) in [4.78, 5) is 15.5. The maximum atomic E-state index is 11.4. The first-order valence-electron chi connectivity index (χ1n) is 6.56. The number of aliphatic hydroxyl groups excluding tert-OH is 1. The highest BCUT2D eigenvalue weighted by atomic mass is 16.3. The molecule has 0 aliphatic carbocycles. The van der Waals surface area contributed by atoms with Crippen molar-refractivity contribution >= 4 is 17.4 Å². The van der Waals surface area contributed by atoms with E-state index in [1.165, 1.54) is 12.3 Å². The molecule has 0 bridgehead atoms. The van der Waals surface area contributed by atoms with E-state index in [0.717, 1.165) is 5.56 Å². The monoisotopic (exact) mass is 286 g/mol. The van der Waals surface area contributed by atoms with Gasteiger partial charge in [0.1, 0.15) is 5.82 Å². The molecule has 0 saturated carbocycles. The fourth-order valence-corrected chi connectivity index (χ4v) is 2.04. The average Bonchev–Trinajstić information content (AvgIpc) is 2.49. The van der Waals surface area contributed by atoms with E-state index in [9.17, 15) is 9.90 Å². The number of nitrogens with two attached hydrogens (primary N) is 2. The molecule has 6 heteroatoms. The quantitative estimate of drug-likeness (QED) is 0.626. The minimum Gasteiger partial charge on any atom is -0.397 e. The van der Waals surface area contributed by atoms with E-state index in [0.29, 0.717) is 17.9 Å². The van der Waals surface area contributed by atoms with Crippen LogP contribution in [0.25, 0.3) is 0 Å². The lowest BCUT2D eigenvalue weighted by atomic mass is 10.1. The van der Waals surface area contributed by atoms with Crippen LogP contribution in [-0.4, -0.2) is 28.6 Å². The lowest BCUT2D eigenvalue weighted by Crippen LogP contribution is -2.28. The molecule has 0 aliphatic rings. The van der Waals surface area contributed by atoms with Crippen LogP contribution in [0.5, 0.6) is 0 Å². The number of pyridine rings is 1. The Labute approximate surface area is 122 Å². The van der Waals surface area contributed by atoms with Crippen molar-refractivity contribution in [1.82, 2.24) is 4.98 Å². The molecule has 1 atom stereocenters. The highest BCUT2D eigenvalue weighted by Gasteiger charge is 2.15. The fourth-order valence-electron chi connectivity index (χ4n) is 2.04. The Morgan fingerprint density at radius 3 is 2.67 bits per heavy atom. The second kappa shape index (κ2) is 6.71. The lowest BCUT2D eigenvalue weighted by Gasteiger charge is -2.18. The zero-order valence-corrected chi connectivity index (χ0v) is 11.5. The number of anilines is 2. The van der Waals surface area contributed by atoms with Crippen LogP contribution in [0.1, 0.15) is 15.9 Å². The smallest absolute Gasteiger partial charge is 0.252 e. The molecule has 21 heavy (non-hydrogen) atoms. The molecule has 0 saturated heterocycles. The topological polar surface area (TPSA) is 114 Å². The molecule has 1 unspecified atom stereocenters. The Hall–Kier alpha value is -2.60. The summed E-state index contributed by atoms with van der Waals surface area (Å²) in [5, 5.41) is 12.5. The second-order valence-corrected chi connectivity index (χ2v) is 4.74. The van der Waals surface area contributed by atoms with Gasteiger partial charge in [-0.3, -0.25) is 4.79 Å². The number of carbonyl (C=O) groups excluding carboxylic acids is 1. The minimum atomic E-state index is -0.617. The molecule has 0 radical (unpaired) electrons. The van der Waals surface area contributed by atoms with Gasteiger partial charge in [0, 0.05) is 0 Å². The van der Waals surface area contributed by atoms with E-state index >= 15 is 0 Å². The number of rotatable bonds is 6. The first-order valence-corrected chi connectivity index (χ1v) is 6.56. The van der Waals surface area contributed by atoms with Gasteiger partial charge in [-0.05, 0) is 18.1 Å². The Kier molecular flexibility index (Phi) is 4.73. The Bertz CT molecular complexity index is 616. The molecule has 1 amide bonds. The van der Waals surface area contributed by atoms with Crippen LogP contribution in [0.3, 0.4) is 0 Å². The first-order chi connectivity index (χ1) is 10.1. The highest BCUT2D eigenvalue weighted by Crippen LogP contribution is 2.17. The molecular formula is C15H18N4O2. The summed E-state index contributed by atoms with van der Waals surface area (Å²) in [5.74, 6) is -0.291.